The van der Waals surface area contributed by atoms with Crippen LogP contribution < -0.4 is 10.6 Å². The van der Waals surface area contributed by atoms with Crippen molar-refractivity contribution in [3.05, 3.63) is 0 Å². The van der Waals surface area contributed by atoms with Crippen LogP contribution in [0.4, 0.5) is 4.79 Å². The number of nitrogens with one attached hydrogen (secondary N) is 2. The summed E-state index contributed by atoms with van der Waals surface area (Å²) < 4.78 is 0. The third kappa shape index (κ3) is 4.30. The molecule has 0 aromatic carbocycles. The lowest BCUT2D eigenvalue weighted by Gasteiger charge is -2.29. The lowest BCUT2D eigenvalue weighted by Crippen LogP contribution is -2.52. The fourth-order valence-electron chi connectivity index (χ4n) is 2.98. The maximum atomic E-state index is 11.9. The quantitative estimate of drug-likeness (QED) is 0.722. The van der Waals surface area contributed by atoms with E-state index in [0.29, 0.717) is 11.8 Å². The number of thioether (sulfide) groups is 1. The maximum Gasteiger partial charge on any atom is 0.315 e. The summed E-state index contributed by atoms with van der Waals surface area (Å²) in [5, 5.41) is 15.3. The highest BCUT2D eigenvalue weighted by Gasteiger charge is 2.37. The first-order chi connectivity index (χ1) is 9.10. The summed E-state index contributed by atoms with van der Waals surface area (Å²) in [6.07, 6.45) is 5.93. The van der Waals surface area contributed by atoms with E-state index in [4.69, 9.17) is 5.11 Å². The van der Waals surface area contributed by atoms with Crippen molar-refractivity contribution in [2.24, 2.45) is 0 Å². The van der Waals surface area contributed by atoms with Gasteiger partial charge in [0.25, 0.3) is 0 Å². The van der Waals surface area contributed by atoms with Crippen molar-refractivity contribution in [2.75, 3.05) is 12.3 Å². The molecule has 1 saturated carbocycles. The first-order valence-electron chi connectivity index (χ1n) is 6.99. The maximum absolute atomic E-state index is 11.9. The van der Waals surface area contributed by atoms with Crippen LogP contribution in [0.25, 0.3) is 0 Å². The highest BCUT2D eigenvalue weighted by molar-refractivity contribution is 8.00. The summed E-state index contributed by atoms with van der Waals surface area (Å²) >= 11 is 1.90. The Morgan fingerprint density at radius 1 is 1.26 bits per heavy atom. The molecule has 1 unspecified atom stereocenters. The number of hydrogen-bond acceptors (Lipinski definition) is 3. The van der Waals surface area contributed by atoms with E-state index in [2.05, 4.69) is 10.6 Å². The van der Waals surface area contributed by atoms with E-state index >= 15 is 0 Å². The van der Waals surface area contributed by atoms with Gasteiger partial charge >= 0.3 is 12.0 Å². The van der Waals surface area contributed by atoms with Gasteiger partial charge in [-0.3, -0.25) is 4.79 Å². The van der Waals surface area contributed by atoms with Crippen LogP contribution in [0.1, 0.15) is 44.9 Å². The number of carboxylic acid groups (broad SMARTS) is 1. The molecule has 108 valence electrons. The summed E-state index contributed by atoms with van der Waals surface area (Å²) in [5.74, 6) is 0.338. The van der Waals surface area contributed by atoms with E-state index in [9.17, 15) is 9.59 Å². The zero-order valence-corrected chi connectivity index (χ0v) is 11.9. The molecule has 2 amide bonds. The Kier molecular flexibility index (Phi) is 4.96. The highest BCUT2D eigenvalue weighted by Crippen LogP contribution is 2.32. The van der Waals surface area contributed by atoms with Gasteiger partial charge in [0.15, 0.2) is 0 Å². The van der Waals surface area contributed by atoms with Gasteiger partial charge in [-0.25, -0.2) is 4.79 Å². The summed E-state index contributed by atoms with van der Waals surface area (Å²) in [6.45, 7) is 0.680. The lowest BCUT2D eigenvalue weighted by atomic mass is 9.93. The molecule has 0 radical (unpaired) electrons. The van der Waals surface area contributed by atoms with Crippen molar-refractivity contribution in [2.45, 2.75) is 55.7 Å². The Bertz CT molecular complexity index is 337. The minimum Gasteiger partial charge on any atom is -0.481 e. The Morgan fingerprint density at radius 2 is 2.00 bits per heavy atom. The zero-order chi connectivity index (χ0) is 13.7. The van der Waals surface area contributed by atoms with Gasteiger partial charge in [0.1, 0.15) is 0 Å². The number of carbonyl (C=O) groups is 2. The first-order valence-corrected chi connectivity index (χ1v) is 8.04. The van der Waals surface area contributed by atoms with E-state index in [1.54, 1.807) is 0 Å². The van der Waals surface area contributed by atoms with Gasteiger partial charge in [-0.15, -0.1) is 0 Å². The van der Waals surface area contributed by atoms with Crippen molar-refractivity contribution >= 4 is 23.8 Å². The zero-order valence-electron chi connectivity index (χ0n) is 11.1. The number of rotatable bonds is 5. The van der Waals surface area contributed by atoms with Crippen LogP contribution in [0.3, 0.4) is 0 Å². The molecule has 3 N–H and O–H groups in total. The monoisotopic (exact) mass is 286 g/mol. The molecule has 6 heteroatoms. The van der Waals surface area contributed by atoms with Crippen LogP contribution >= 0.6 is 11.8 Å². The van der Waals surface area contributed by atoms with Gasteiger partial charge in [-0.1, -0.05) is 12.8 Å². The van der Waals surface area contributed by atoms with Crippen LogP contribution in [0.5, 0.6) is 0 Å². The SMILES string of the molecule is O=C(O)CC1(NC(=O)NCC2CCCS2)CCCC1. The number of urea groups is 1. The summed E-state index contributed by atoms with van der Waals surface area (Å²) in [7, 11) is 0. The second-order valence-corrected chi connectivity index (χ2v) is 6.94. The third-order valence-corrected chi connectivity index (χ3v) is 5.34. The molecular weight excluding hydrogens is 264 g/mol. The fourth-order valence-corrected chi connectivity index (χ4v) is 4.19. The van der Waals surface area contributed by atoms with Gasteiger partial charge in [-0.05, 0) is 31.4 Å². The largest absolute Gasteiger partial charge is 0.481 e. The topological polar surface area (TPSA) is 78.4 Å². The molecule has 2 aliphatic rings. The molecular formula is C13H22N2O3S. The number of carbonyl (C=O) groups excluding carboxylic acids is 1. The van der Waals surface area contributed by atoms with E-state index in [-0.39, 0.29) is 12.5 Å². The molecule has 1 saturated heterocycles. The van der Waals surface area contributed by atoms with Gasteiger partial charge < -0.3 is 15.7 Å². The molecule has 2 rings (SSSR count). The van der Waals surface area contributed by atoms with Crippen LogP contribution in [-0.4, -0.2) is 40.2 Å². The second kappa shape index (κ2) is 6.50. The number of aliphatic carboxylic acids is 1. The molecule has 0 aromatic rings. The molecule has 19 heavy (non-hydrogen) atoms. The van der Waals surface area contributed by atoms with E-state index in [0.717, 1.165) is 32.1 Å². The van der Waals surface area contributed by atoms with Crippen molar-refractivity contribution < 1.29 is 14.7 Å². The van der Waals surface area contributed by atoms with Crippen LogP contribution in [0, 0.1) is 0 Å². The molecule has 1 heterocycles. The summed E-state index contributed by atoms with van der Waals surface area (Å²) in [5.41, 5.74) is -0.529. The Labute approximate surface area is 117 Å². The van der Waals surface area contributed by atoms with E-state index in [1.807, 2.05) is 11.8 Å². The molecule has 0 bridgehead atoms. The van der Waals surface area contributed by atoms with Crippen LogP contribution in [0.2, 0.25) is 0 Å². The lowest BCUT2D eigenvalue weighted by molar-refractivity contribution is -0.138. The summed E-state index contributed by atoms with van der Waals surface area (Å²) in [6, 6.07) is -0.212. The Morgan fingerprint density at radius 3 is 2.58 bits per heavy atom. The molecule has 0 spiro atoms. The van der Waals surface area contributed by atoms with Gasteiger partial charge in [0.2, 0.25) is 0 Å². The molecule has 1 atom stereocenters. The number of amides is 2. The van der Waals surface area contributed by atoms with Crippen molar-refractivity contribution in [1.29, 1.82) is 0 Å². The fraction of sp³-hybridized carbons (Fsp3) is 0.846. The molecule has 1 aliphatic carbocycles. The smallest absolute Gasteiger partial charge is 0.315 e. The molecule has 5 nitrogen and oxygen atoms in total. The minimum atomic E-state index is -0.839. The van der Waals surface area contributed by atoms with Gasteiger partial charge in [0, 0.05) is 11.8 Å². The van der Waals surface area contributed by atoms with E-state index in [1.165, 1.54) is 12.2 Å². The average molecular weight is 286 g/mol. The molecule has 1 aliphatic heterocycles. The first kappa shape index (κ1) is 14.5. The second-order valence-electron chi connectivity index (χ2n) is 5.53. The van der Waals surface area contributed by atoms with E-state index < -0.39 is 11.5 Å². The molecule has 0 aromatic heterocycles. The Hall–Kier alpha value is -0.910. The Balaban J connectivity index is 1.79. The average Bonchev–Trinajstić information content (AvgIpc) is 2.97. The summed E-state index contributed by atoms with van der Waals surface area (Å²) in [4.78, 5) is 22.9. The van der Waals surface area contributed by atoms with Gasteiger partial charge in [0.05, 0.1) is 12.0 Å². The number of carboxylic acids is 1. The molecule has 2 fully saturated rings. The van der Waals surface area contributed by atoms with Crippen LogP contribution in [0.15, 0.2) is 0 Å². The van der Waals surface area contributed by atoms with Crippen molar-refractivity contribution in [3.63, 3.8) is 0 Å². The third-order valence-electron chi connectivity index (χ3n) is 3.94. The standard InChI is InChI=1S/C13H22N2O3S/c16-11(17)8-13(5-1-2-6-13)15-12(18)14-9-10-4-3-7-19-10/h10H,1-9H2,(H,16,17)(H2,14,15,18). The number of hydrogen-bond donors (Lipinski definition) is 3. The predicted molar refractivity (Wildman–Crippen MR) is 75.5 cm³/mol. The van der Waals surface area contributed by atoms with Crippen molar-refractivity contribution in [3.8, 4) is 0 Å². The van der Waals surface area contributed by atoms with Gasteiger partial charge in [-0.2, -0.15) is 11.8 Å². The normalized spacial score (nSPS) is 25.2. The minimum absolute atomic E-state index is 0.0264. The highest BCUT2D eigenvalue weighted by atomic mass is 32.2. The van der Waals surface area contributed by atoms with Crippen LogP contribution in [-0.2, 0) is 4.79 Å². The van der Waals surface area contributed by atoms with Crippen molar-refractivity contribution in [1.82, 2.24) is 10.6 Å². The predicted octanol–water partition coefficient (Wildman–Crippen LogP) is 1.97.